The summed E-state index contributed by atoms with van der Waals surface area (Å²) in [6.07, 6.45) is 0. The topological polar surface area (TPSA) is 8.17 Å². The maximum atomic E-state index is 2.50. The maximum Gasteiger partial charge on any atom is 0.0715 e. The summed E-state index contributed by atoms with van der Waals surface area (Å²) in [6, 6.07) is 93.2. The van der Waals surface area contributed by atoms with Gasteiger partial charge in [0.2, 0.25) is 0 Å². The Kier molecular flexibility index (Phi) is 8.76. The van der Waals surface area contributed by atoms with E-state index >= 15 is 0 Å². The molecule has 1 atom stereocenters. The molecule has 10 aromatic carbocycles. The molecule has 0 aliphatic heterocycles. The van der Waals surface area contributed by atoms with Crippen LogP contribution in [0.2, 0.25) is 0 Å². The molecule has 0 amide bonds. The summed E-state index contributed by atoms with van der Waals surface area (Å²) < 4.78 is 2.50. The number of hydrogen-bond donors (Lipinski definition) is 0. The Hall–Kier alpha value is -8.20. The summed E-state index contributed by atoms with van der Waals surface area (Å²) in [7, 11) is 0. The van der Waals surface area contributed by atoms with Gasteiger partial charge in [0, 0.05) is 39.1 Å². The molecule has 0 N–H and O–H groups in total. The summed E-state index contributed by atoms with van der Waals surface area (Å²) in [5.41, 5.74) is 18.6. The summed E-state index contributed by atoms with van der Waals surface area (Å²) in [6.45, 7) is 0. The third-order valence-electron chi connectivity index (χ3n) is 13.1. The molecule has 0 saturated heterocycles. The largest absolute Gasteiger partial charge is 0.310 e. The predicted molar refractivity (Wildman–Crippen MR) is 264 cm³/mol. The highest BCUT2D eigenvalue weighted by atomic mass is 15.1. The Morgan fingerprint density at radius 2 is 0.857 bits per heavy atom. The Balaban J connectivity index is 1.10. The van der Waals surface area contributed by atoms with Gasteiger partial charge in [-0.1, -0.05) is 200 Å². The Morgan fingerprint density at radius 1 is 0.333 bits per heavy atom. The van der Waals surface area contributed by atoms with Crippen molar-refractivity contribution in [3.63, 3.8) is 0 Å². The van der Waals surface area contributed by atoms with Crippen LogP contribution in [0.1, 0.15) is 22.3 Å². The first-order valence-corrected chi connectivity index (χ1v) is 21.8. The zero-order valence-electron chi connectivity index (χ0n) is 34.6. The molecule has 0 spiro atoms. The van der Waals surface area contributed by atoms with Crippen LogP contribution >= 0.6 is 0 Å². The first-order valence-electron chi connectivity index (χ1n) is 21.8. The number of para-hydroxylation sites is 2. The fourth-order valence-electron chi connectivity index (χ4n) is 10.3. The van der Waals surface area contributed by atoms with E-state index in [0.717, 1.165) is 22.7 Å². The lowest BCUT2D eigenvalue weighted by atomic mass is 9.67. The number of benzene rings is 10. The molecule has 1 aromatic heterocycles. The van der Waals surface area contributed by atoms with E-state index in [1.165, 1.54) is 77.4 Å². The van der Waals surface area contributed by atoms with Gasteiger partial charge in [-0.25, -0.2) is 0 Å². The van der Waals surface area contributed by atoms with Crippen LogP contribution in [0.3, 0.4) is 0 Å². The highest BCUT2D eigenvalue weighted by Gasteiger charge is 2.47. The number of rotatable bonds is 8. The molecular weight excluding hydrogens is 761 g/mol. The second kappa shape index (κ2) is 15.1. The molecule has 2 heteroatoms. The van der Waals surface area contributed by atoms with E-state index < -0.39 is 5.41 Å². The van der Waals surface area contributed by atoms with Gasteiger partial charge in [0.1, 0.15) is 0 Å². The van der Waals surface area contributed by atoms with E-state index in [9.17, 15) is 0 Å². The number of nitrogens with zero attached hydrogens (tertiary/aromatic N) is 2. The van der Waals surface area contributed by atoms with Gasteiger partial charge in [-0.15, -0.1) is 0 Å². The smallest absolute Gasteiger partial charge is 0.0715 e. The average Bonchev–Trinajstić information content (AvgIpc) is 3.87. The van der Waals surface area contributed by atoms with Crippen LogP contribution in [0.4, 0.5) is 17.1 Å². The minimum absolute atomic E-state index is 0.616. The highest BCUT2D eigenvalue weighted by molar-refractivity contribution is 6.16. The van der Waals surface area contributed by atoms with Gasteiger partial charge in [-0.3, -0.25) is 0 Å². The summed E-state index contributed by atoms with van der Waals surface area (Å²) in [4.78, 5) is 2.39. The van der Waals surface area contributed by atoms with Crippen molar-refractivity contribution in [3.8, 4) is 39.1 Å². The molecule has 2 nitrogen and oxygen atoms in total. The number of anilines is 3. The number of fused-ring (bicyclic) bond motifs is 7. The van der Waals surface area contributed by atoms with E-state index in [-0.39, 0.29) is 0 Å². The molecule has 11 aromatic rings. The quantitative estimate of drug-likeness (QED) is 0.149. The van der Waals surface area contributed by atoms with Gasteiger partial charge < -0.3 is 9.47 Å². The fourth-order valence-corrected chi connectivity index (χ4v) is 10.3. The zero-order valence-corrected chi connectivity index (χ0v) is 34.6. The van der Waals surface area contributed by atoms with Crippen LogP contribution in [0.15, 0.2) is 255 Å². The minimum atomic E-state index is -0.616. The Labute approximate surface area is 368 Å². The molecule has 12 rings (SSSR count). The first kappa shape index (κ1) is 36.6. The van der Waals surface area contributed by atoms with Crippen LogP contribution in [0.5, 0.6) is 0 Å². The third kappa shape index (κ3) is 5.87. The van der Waals surface area contributed by atoms with Crippen molar-refractivity contribution in [3.05, 3.63) is 277 Å². The maximum absolute atomic E-state index is 2.50. The molecule has 0 radical (unpaired) electrons. The van der Waals surface area contributed by atoms with Crippen molar-refractivity contribution in [2.24, 2.45) is 0 Å². The molecule has 1 heterocycles. The van der Waals surface area contributed by atoms with E-state index in [4.69, 9.17) is 0 Å². The van der Waals surface area contributed by atoms with Gasteiger partial charge in [0.15, 0.2) is 0 Å². The van der Waals surface area contributed by atoms with E-state index in [2.05, 4.69) is 264 Å². The van der Waals surface area contributed by atoms with Crippen molar-refractivity contribution in [2.45, 2.75) is 5.41 Å². The van der Waals surface area contributed by atoms with Crippen molar-refractivity contribution >= 4 is 38.9 Å². The molecule has 0 fully saturated rings. The van der Waals surface area contributed by atoms with Gasteiger partial charge >= 0.3 is 0 Å². The van der Waals surface area contributed by atoms with Gasteiger partial charge in [0.05, 0.1) is 16.4 Å². The summed E-state index contributed by atoms with van der Waals surface area (Å²) in [5, 5.41) is 2.49. The SMILES string of the molecule is c1ccc(-c2ccc(N(c3ccccc3)c3cccc(C4(c5ccccc5)c5ccccc5-c5c4ccc4c6ccccc6n(-c6ccc(-c7ccccc7)cc6)c54)c3)cc2)cc1. The van der Waals surface area contributed by atoms with Crippen LogP contribution in [-0.2, 0) is 5.41 Å². The van der Waals surface area contributed by atoms with Gasteiger partial charge in [0.25, 0.3) is 0 Å². The zero-order chi connectivity index (χ0) is 41.7. The van der Waals surface area contributed by atoms with Gasteiger partial charge in [-0.05, 0) is 105 Å². The lowest BCUT2D eigenvalue weighted by molar-refractivity contribution is 0.769. The van der Waals surface area contributed by atoms with E-state index in [1.807, 2.05) is 0 Å². The molecule has 1 unspecified atom stereocenters. The molecular formula is C61H42N2. The van der Waals surface area contributed by atoms with Crippen molar-refractivity contribution in [1.29, 1.82) is 0 Å². The van der Waals surface area contributed by atoms with Crippen molar-refractivity contribution in [2.75, 3.05) is 4.90 Å². The lowest BCUT2D eigenvalue weighted by Gasteiger charge is -2.35. The molecule has 0 bridgehead atoms. The van der Waals surface area contributed by atoms with Crippen LogP contribution in [0.25, 0.3) is 60.9 Å². The van der Waals surface area contributed by atoms with E-state index in [0.29, 0.717) is 0 Å². The lowest BCUT2D eigenvalue weighted by Crippen LogP contribution is -2.29. The Bertz CT molecular complexity index is 3410. The normalized spacial score (nSPS) is 14.1. The number of aromatic nitrogens is 1. The van der Waals surface area contributed by atoms with E-state index in [1.54, 1.807) is 0 Å². The second-order valence-electron chi connectivity index (χ2n) is 16.4. The van der Waals surface area contributed by atoms with Crippen molar-refractivity contribution in [1.82, 2.24) is 4.57 Å². The summed E-state index contributed by atoms with van der Waals surface area (Å²) in [5.74, 6) is 0. The highest BCUT2D eigenvalue weighted by Crippen LogP contribution is 2.59. The molecule has 1 aliphatic rings. The summed E-state index contributed by atoms with van der Waals surface area (Å²) >= 11 is 0. The van der Waals surface area contributed by atoms with Crippen LogP contribution in [-0.4, -0.2) is 4.57 Å². The molecule has 0 saturated carbocycles. The predicted octanol–water partition coefficient (Wildman–Crippen LogP) is 16.0. The monoisotopic (exact) mass is 802 g/mol. The van der Waals surface area contributed by atoms with Crippen LogP contribution < -0.4 is 4.90 Å². The molecule has 296 valence electrons. The van der Waals surface area contributed by atoms with Crippen LogP contribution in [0, 0.1) is 0 Å². The first-order chi connectivity index (χ1) is 31.3. The molecule has 63 heavy (non-hydrogen) atoms. The second-order valence-corrected chi connectivity index (χ2v) is 16.4. The average molecular weight is 803 g/mol. The number of hydrogen-bond acceptors (Lipinski definition) is 1. The molecule has 1 aliphatic carbocycles. The fraction of sp³-hybridized carbons (Fsp3) is 0.0164. The van der Waals surface area contributed by atoms with Gasteiger partial charge in [-0.2, -0.15) is 0 Å². The minimum Gasteiger partial charge on any atom is -0.310 e. The standard InChI is InChI=1S/C61H42N2/c1-5-18-43(19-6-1)45-32-36-50(37-33-45)62(49-25-11-4-12-26-49)52-27-17-24-48(42-52)61(47-22-9-3-10-23-47)56-30-15-13-29-55(56)59-57(61)41-40-54-53-28-14-16-31-58(53)63(60(54)59)51-38-34-46(35-39-51)44-20-7-2-8-21-44/h1-42H. The Morgan fingerprint density at radius 3 is 1.56 bits per heavy atom. The third-order valence-corrected chi connectivity index (χ3v) is 13.1. The van der Waals surface area contributed by atoms with Crippen molar-refractivity contribution < 1.29 is 0 Å².